The van der Waals surface area contributed by atoms with Gasteiger partial charge in [0.1, 0.15) is 17.1 Å². The Morgan fingerprint density at radius 2 is 1.87 bits per heavy atom. The van der Waals surface area contributed by atoms with E-state index in [0.29, 0.717) is 36.3 Å². The van der Waals surface area contributed by atoms with Crippen molar-refractivity contribution in [1.29, 1.82) is 0 Å². The molecule has 1 aromatic carbocycles. The number of allylic oxidation sites excluding steroid dienone is 2. The summed E-state index contributed by atoms with van der Waals surface area (Å²) in [6, 6.07) is 11.6. The lowest BCUT2D eigenvalue weighted by atomic mass is 9.85. The summed E-state index contributed by atoms with van der Waals surface area (Å²) in [7, 11) is 0. The number of rotatable bonds is 15. The summed E-state index contributed by atoms with van der Waals surface area (Å²) in [6.07, 6.45) is 10.3. The van der Waals surface area contributed by atoms with Gasteiger partial charge >= 0.3 is 6.09 Å². The highest BCUT2D eigenvalue weighted by Crippen LogP contribution is 2.31. The van der Waals surface area contributed by atoms with E-state index in [1.807, 2.05) is 63.4 Å². The molecule has 0 aliphatic carbocycles. The van der Waals surface area contributed by atoms with Crippen LogP contribution in [0.15, 0.2) is 76.6 Å². The number of hydrogen-bond donors (Lipinski definition) is 3. The van der Waals surface area contributed by atoms with Crippen LogP contribution in [0.5, 0.6) is 0 Å². The number of amidine groups is 1. The van der Waals surface area contributed by atoms with Crippen LogP contribution in [0.3, 0.4) is 0 Å². The van der Waals surface area contributed by atoms with E-state index in [1.54, 1.807) is 6.20 Å². The Labute approximate surface area is 317 Å². The fourth-order valence-electron chi connectivity index (χ4n) is 6.38. The predicted octanol–water partition coefficient (Wildman–Crippen LogP) is 8.88. The van der Waals surface area contributed by atoms with Crippen LogP contribution in [0.4, 0.5) is 10.5 Å². The molecule has 3 unspecified atom stereocenters. The second-order valence-electron chi connectivity index (χ2n) is 15.6. The highest BCUT2D eigenvalue weighted by Gasteiger charge is 2.26. The largest absolute Gasteiger partial charge is 0.444 e. The standard InChI is InChI=1S/C43H62N6O4/c1-10-22-52-23-19-30(4)31(5)32(6)37-25-38(48-40(37)45-26-29(3)11-2)34-14-16-35(17-15-34)46-41(50)39-24-33(18-20-44-39)27-49-21-12-13-36(28-49)47-42(51)53-43(7,8)9/h14-18,20,24-26,30-31,36H,10-13,19,21-23,27-28H2,1-9H3,(H,45,48)(H,46,50)(H,47,51)/b29-26+,37-32+. The molecule has 0 radical (unpaired) electrons. The fourth-order valence-corrected chi connectivity index (χ4v) is 6.38. The third kappa shape index (κ3) is 13.0. The van der Waals surface area contributed by atoms with Gasteiger partial charge in [-0.3, -0.25) is 14.7 Å². The Morgan fingerprint density at radius 1 is 1.11 bits per heavy atom. The first-order valence-electron chi connectivity index (χ1n) is 19.4. The van der Waals surface area contributed by atoms with E-state index < -0.39 is 5.60 Å². The summed E-state index contributed by atoms with van der Waals surface area (Å²) in [4.78, 5) is 37.2. The minimum Gasteiger partial charge on any atom is -0.444 e. The number of alkyl carbamates (subject to hydrolysis) is 1. The third-order valence-electron chi connectivity index (χ3n) is 9.94. The summed E-state index contributed by atoms with van der Waals surface area (Å²) < 4.78 is 11.2. The molecule has 1 aromatic heterocycles. The van der Waals surface area contributed by atoms with Gasteiger partial charge in [-0.25, -0.2) is 9.79 Å². The molecule has 2 aliphatic heterocycles. The van der Waals surface area contributed by atoms with Gasteiger partial charge in [0.05, 0.1) is 0 Å². The minimum absolute atomic E-state index is 0.0156. The SMILES string of the molecule is CCCOCCC(C)C(C)\C(C)=C1/C=C(c2ccc(NC(=O)c3cc(CN4CCCC(NC(=O)OC(C)(C)C)C4)ccn3)cc2)N/C1=N/C=C(\C)CC. The molecule has 1 fully saturated rings. The van der Waals surface area contributed by atoms with Crippen LogP contribution in [-0.2, 0) is 16.0 Å². The van der Waals surface area contributed by atoms with E-state index in [4.69, 9.17) is 14.5 Å². The molecule has 0 spiro atoms. The number of amides is 2. The molecule has 1 saturated heterocycles. The molecule has 0 saturated carbocycles. The maximum atomic E-state index is 13.3. The summed E-state index contributed by atoms with van der Waals surface area (Å²) >= 11 is 0. The maximum absolute atomic E-state index is 13.3. The van der Waals surface area contributed by atoms with E-state index in [-0.39, 0.29) is 18.0 Å². The van der Waals surface area contributed by atoms with Crippen LogP contribution in [0.25, 0.3) is 5.70 Å². The van der Waals surface area contributed by atoms with Gasteiger partial charge in [-0.1, -0.05) is 51.0 Å². The summed E-state index contributed by atoms with van der Waals surface area (Å²) in [6.45, 7) is 22.6. The molecule has 53 heavy (non-hydrogen) atoms. The fraction of sp³-hybridized carbons (Fsp3) is 0.535. The van der Waals surface area contributed by atoms with Crippen LogP contribution in [0.2, 0.25) is 0 Å². The highest BCUT2D eigenvalue weighted by molar-refractivity contribution is 6.12. The number of nitrogens with zero attached hydrogens (tertiary/aromatic N) is 3. The van der Waals surface area contributed by atoms with Crippen LogP contribution in [0.1, 0.15) is 116 Å². The molecule has 3 N–H and O–H groups in total. The number of carbonyl (C=O) groups is 2. The van der Waals surface area contributed by atoms with Gasteiger partial charge in [-0.15, -0.1) is 0 Å². The van der Waals surface area contributed by atoms with Crippen molar-refractivity contribution in [3.63, 3.8) is 0 Å². The number of aliphatic imine (C=N–C) groups is 1. The average Bonchev–Trinajstić information content (AvgIpc) is 3.55. The lowest BCUT2D eigenvalue weighted by molar-refractivity contribution is 0.0470. The van der Waals surface area contributed by atoms with Gasteiger partial charge < -0.3 is 25.4 Å². The Balaban J connectivity index is 1.41. The molecule has 2 amide bonds. The van der Waals surface area contributed by atoms with Crippen LogP contribution >= 0.6 is 0 Å². The molecule has 3 atom stereocenters. The van der Waals surface area contributed by atoms with Gasteiger partial charge in [0.25, 0.3) is 5.91 Å². The number of anilines is 1. The Hall–Kier alpha value is -4.28. The van der Waals surface area contributed by atoms with Crippen molar-refractivity contribution in [3.05, 3.63) is 88.4 Å². The van der Waals surface area contributed by atoms with Crippen molar-refractivity contribution < 1.29 is 19.1 Å². The van der Waals surface area contributed by atoms with E-state index in [0.717, 1.165) is 80.1 Å². The second-order valence-corrected chi connectivity index (χ2v) is 15.6. The zero-order valence-electron chi connectivity index (χ0n) is 33.5. The van der Waals surface area contributed by atoms with Crippen molar-refractivity contribution in [2.75, 3.05) is 31.6 Å². The van der Waals surface area contributed by atoms with Gasteiger partial charge in [-0.2, -0.15) is 0 Å². The zero-order valence-corrected chi connectivity index (χ0v) is 33.5. The first-order chi connectivity index (χ1) is 25.3. The number of likely N-dealkylation sites (tertiary alicyclic amines) is 1. The number of carbonyl (C=O) groups excluding carboxylic acids is 2. The molecule has 4 rings (SSSR count). The summed E-state index contributed by atoms with van der Waals surface area (Å²) in [5.41, 5.74) is 7.11. The average molecular weight is 727 g/mol. The van der Waals surface area contributed by atoms with E-state index >= 15 is 0 Å². The predicted molar refractivity (Wildman–Crippen MR) is 216 cm³/mol. The number of benzene rings is 1. The monoisotopic (exact) mass is 726 g/mol. The van der Waals surface area contributed by atoms with Crippen molar-refractivity contribution in [1.82, 2.24) is 20.5 Å². The molecular formula is C43H62N6O4. The maximum Gasteiger partial charge on any atom is 0.407 e. The molecule has 0 bridgehead atoms. The van der Waals surface area contributed by atoms with Gasteiger partial charge in [0, 0.05) is 61.7 Å². The topological polar surface area (TPSA) is 117 Å². The molecule has 10 nitrogen and oxygen atoms in total. The Bertz CT molecular complexity index is 1670. The molecule has 2 aliphatic rings. The number of piperidine rings is 1. The van der Waals surface area contributed by atoms with E-state index in [9.17, 15) is 9.59 Å². The van der Waals surface area contributed by atoms with Gasteiger partial charge in [-0.05, 0) is 127 Å². The molecule has 10 heteroatoms. The minimum atomic E-state index is -0.536. The van der Waals surface area contributed by atoms with Gasteiger partial charge in [0.15, 0.2) is 0 Å². The van der Waals surface area contributed by atoms with Crippen LogP contribution < -0.4 is 16.0 Å². The van der Waals surface area contributed by atoms with Crippen molar-refractivity contribution in [2.45, 2.75) is 113 Å². The summed E-state index contributed by atoms with van der Waals surface area (Å²) in [5, 5.41) is 9.59. The smallest absolute Gasteiger partial charge is 0.407 e. The Kier molecular flexibility index (Phi) is 15.4. The molecule has 288 valence electrons. The second kappa shape index (κ2) is 19.7. The van der Waals surface area contributed by atoms with Crippen molar-refractivity contribution >= 4 is 29.2 Å². The van der Waals surface area contributed by atoms with Crippen molar-refractivity contribution in [3.8, 4) is 0 Å². The number of nitrogens with one attached hydrogen (secondary N) is 3. The van der Waals surface area contributed by atoms with E-state index in [1.165, 1.54) is 11.1 Å². The zero-order chi connectivity index (χ0) is 38.5. The highest BCUT2D eigenvalue weighted by atomic mass is 16.6. The lowest BCUT2D eigenvalue weighted by Crippen LogP contribution is -2.48. The molecular weight excluding hydrogens is 665 g/mol. The van der Waals surface area contributed by atoms with Crippen LogP contribution in [-0.4, -0.2) is 65.7 Å². The summed E-state index contributed by atoms with van der Waals surface area (Å²) in [5.74, 6) is 1.41. The van der Waals surface area contributed by atoms with Crippen molar-refractivity contribution in [2.24, 2.45) is 16.8 Å². The van der Waals surface area contributed by atoms with Crippen LogP contribution in [0, 0.1) is 11.8 Å². The first-order valence-corrected chi connectivity index (χ1v) is 19.4. The Morgan fingerprint density at radius 3 is 2.57 bits per heavy atom. The third-order valence-corrected chi connectivity index (χ3v) is 9.94. The molecule has 2 aromatic rings. The number of pyridine rings is 1. The van der Waals surface area contributed by atoms with E-state index in [2.05, 4.69) is 73.5 Å². The normalized spacial score (nSPS) is 19.6. The van der Waals surface area contributed by atoms with Gasteiger partial charge in [0.2, 0.25) is 0 Å². The lowest BCUT2D eigenvalue weighted by Gasteiger charge is -2.33. The quantitative estimate of drug-likeness (QED) is 0.157. The first kappa shape index (κ1) is 41.5. The number of ether oxygens (including phenoxy) is 2. The number of hydrogen-bond acceptors (Lipinski definition) is 7. The molecule has 3 heterocycles. The number of aromatic nitrogens is 1.